The van der Waals surface area contributed by atoms with Crippen LogP contribution in [0.15, 0.2) is 60.3 Å². The molecule has 2 heterocycles. The smallest absolute Gasteiger partial charge is 0.328 e. The SMILES string of the molecule is CCCCC1(OC(=O)CCC(=O)O)CCC2(CCC(C)C(CC=CC=CC(O)C(C)C=CC(=O)O)O2)OC1C=CC(C)=CC(=O)O. The van der Waals surface area contributed by atoms with Crippen LogP contribution in [0.3, 0.4) is 0 Å². The molecule has 0 bridgehead atoms. The molecule has 2 rings (SSSR count). The number of aliphatic hydroxyl groups excluding tert-OH is 1. The van der Waals surface area contributed by atoms with Gasteiger partial charge in [-0.1, -0.05) is 69.7 Å². The van der Waals surface area contributed by atoms with E-state index in [1.807, 2.05) is 19.1 Å². The fourth-order valence-electron chi connectivity index (χ4n) is 5.66. The lowest BCUT2D eigenvalue weighted by atomic mass is 9.78. The molecule has 0 aromatic carbocycles. The standard InChI is InChI=1S/C35H50O11/c1-5-6-19-34(46-33(43)17-16-31(39)40)21-22-35(45-29(34)14-12-24(2)23-32(41)42)20-18-26(4)28(44-35)11-9-7-8-10-27(36)25(3)13-15-30(37)38/h7-10,12-15,23,25-29,36H,5-6,11,16-22H2,1-4H3,(H,37,38)(H,39,40)(H,41,42). The summed E-state index contributed by atoms with van der Waals surface area (Å²) in [6, 6.07) is 0. The number of unbranched alkanes of at least 4 members (excludes halogenated alkanes) is 1. The first-order valence-corrected chi connectivity index (χ1v) is 16.0. The maximum atomic E-state index is 12.8. The van der Waals surface area contributed by atoms with E-state index in [0.717, 1.165) is 31.4 Å². The van der Waals surface area contributed by atoms with E-state index in [-0.39, 0.29) is 30.8 Å². The van der Waals surface area contributed by atoms with Gasteiger partial charge in [0.25, 0.3) is 0 Å². The molecule has 4 N–H and O–H groups in total. The summed E-state index contributed by atoms with van der Waals surface area (Å²) in [5.74, 6) is -4.97. The van der Waals surface area contributed by atoms with Crippen LogP contribution < -0.4 is 0 Å². The van der Waals surface area contributed by atoms with E-state index in [9.17, 15) is 29.4 Å². The van der Waals surface area contributed by atoms with Crippen LogP contribution in [0.2, 0.25) is 0 Å². The van der Waals surface area contributed by atoms with Crippen LogP contribution in [-0.4, -0.2) is 74.0 Å². The highest BCUT2D eigenvalue weighted by molar-refractivity contribution is 5.81. The predicted octanol–water partition coefficient (Wildman–Crippen LogP) is 5.74. The second-order valence-corrected chi connectivity index (χ2v) is 12.3. The van der Waals surface area contributed by atoms with Crippen molar-refractivity contribution >= 4 is 23.9 Å². The van der Waals surface area contributed by atoms with Gasteiger partial charge in [0.1, 0.15) is 11.7 Å². The normalized spacial score (nSPS) is 28.7. The molecule has 11 heteroatoms. The number of carboxylic acids is 3. The van der Waals surface area contributed by atoms with Gasteiger partial charge in [-0.3, -0.25) is 9.59 Å². The van der Waals surface area contributed by atoms with Crippen LogP contribution in [0.4, 0.5) is 0 Å². The Labute approximate surface area is 271 Å². The van der Waals surface area contributed by atoms with Gasteiger partial charge in [-0.25, -0.2) is 9.59 Å². The molecule has 11 nitrogen and oxygen atoms in total. The highest BCUT2D eigenvalue weighted by Gasteiger charge is 2.54. The Morgan fingerprint density at radius 1 is 0.978 bits per heavy atom. The number of esters is 1. The number of allylic oxidation sites excluding steroid dienone is 4. The lowest BCUT2D eigenvalue weighted by Crippen LogP contribution is -2.59. The largest absolute Gasteiger partial charge is 0.481 e. The fourth-order valence-corrected chi connectivity index (χ4v) is 5.66. The van der Waals surface area contributed by atoms with Gasteiger partial charge in [-0.2, -0.15) is 0 Å². The predicted molar refractivity (Wildman–Crippen MR) is 171 cm³/mol. The Morgan fingerprint density at radius 2 is 1.72 bits per heavy atom. The number of aliphatic hydroxyl groups is 1. The molecule has 0 amide bonds. The molecular formula is C35H50O11. The van der Waals surface area contributed by atoms with Crippen molar-refractivity contribution in [3.8, 4) is 0 Å². The van der Waals surface area contributed by atoms with Crippen LogP contribution in [0, 0.1) is 11.8 Å². The third kappa shape index (κ3) is 12.7. The van der Waals surface area contributed by atoms with Crippen molar-refractivity contribution in [1.29, 1.82) is 0 Å². The molecule has 2 aliphatic rings. The third-order valence-electron chi connectivity index (χ3n) is 8.47. The average Bonchev–Trinajstić information content (AvgIpc) is 2.99. The number of ether oxygens (including phenoxy) is 3. The molecule has 0 aliphatic carbocycles. The summed E-state index contributed by atoms with van der Waals surface area (Å²) in [6.07, 6.45) is 16.5. The molecule has 2 fully saturated rings. The summed E-state index contributed by atoms with van der Waals surface area (Å²) < 4.78 is 19.4. The van der Waals surface area contributed by atoms with Gasteiger partial charge in [0.2, 0.25) is 0 Å². The van der Waals surface area contributed by atoms with Crippen molar-refractivity contribution in [1.82, 2.24) is 0 Å². The fraction of sp³-hybridized carbons (Fsp3) is 0.600. The molecule has 0 radical (unpaired) electrons. The van der Waals surface area contributed by atoms with E-state index in [0.29, 0.717) is 37.7 Å². The maximum absolute atomic E-state index is 12.8. The van der Waals surface area contributed by atoms with E-state index in [2.05, 4.69) is 6.92 Å². The lowest BCUT2D eigenvalue weighted by molar-refractivity contribution is -0.344. The van der Waals surface area contributed by atoms with Crippen molar-refractivity contribution in [2.75, 3.05) is 0 Å². The third-order valence-corrected chi connectivity index (χ3v) is 8.47. The first-order valence-electron chi connectivity index (χ1n) is 16.0. The van der Waals surface area contributed by atoms with Gasteiger partial charge < -0.3 is 34.6 Å². The Bertz CT molecular complexity index is 1200. The minimum absolute atomic E-state index is 0.180. The van der Waals surface area contributed by atoms with E-state index in [4.69, 9.17) is 24.4 Å². The molecule has 0 aromatic heterocycles. The molecule has 2 aliphatic heterocycles. The zero-order valence-electron chi connectivity index (χ0n) is 27.3. The number of hydrogen-bond acceptors (Lipinski definition) is 8. The molecule has 46 heavy (non-hydrogen) atoms. The van der Waals surface area contributed by atoms with Crippen molar-refractivity contribution in [2.45, 2.75) is 122 Å². The van der Waals surface area contributed by atoms with Crippen LogP contribution in [-0.2, 0) is 33.4 Å². The number of hydrogen-bond donors (Lipinski definition) is 4. The van der Waals surface area contributed by atoms with Crippen molar-refractivity contribution in [3.63, 3.8) is 0 Å². The summed E-state index contributed by atoms with van der Waals surface area (Å²) in [6.45, 7) is 7.50. The second kappa shape index (κ2) is 18.6. The number of carbonyl (C=O) groups is 4. The number of aliphatic carboxylic acids is 3. The molecular weight excluding hydrogens is 596 g/mol. The van der Waals surface area contributed by atoms with E-state index < -0.39 is 47.5 Å². The molecule has 0 aromatic rings. The molecule has 0 saturated carbocycles. The highest BCUT2D eigenvalue weighted by atomic mass is 16.7. The van der Waals surface area contributed by atoms with Crippen LogP contribution in [0.25, 0.3) is 0 Å². The topological polar surface area (TPSA) is 177 Å². The van der Waals surface area contributed by atoms with E-state index in [1.165, 1.54) is 6.08 Å². The van der Waals surface area contributed by atoms with Gasteiger partial charge >= 0.3 is 23.9 Å². The Hall–Kier alpha value is -3.54. The molecule has 2 saturated heterocycles. The van der Waals surface area contributed by atoms with Gasteiger partial charge in [0.05, 0.1) is 25.0 Å². The van der Waals surface area contributed by atoms with Crippen molar-refractivity contribution in [3.05, 3.63) is 60.3 Å². The number of carboxylic acid groups (broad SMARTS) is 3. The van der Waals surface area contributed by atoms with Gasteiger partial charge in [-0.05, 0) is 50.5 Å². The van der Waals surface area contributed by atoms with Gasteiger partial charge in [0.15, 0.2) is 5.79 Å². The minimum atomic E-state index is -1.09. The quantitative estimate of drug-likeness (QED) is 0.0861. The first-order chi connectivity index (χ1) is 21.7. The summed E-state index contributed by atoms with van der Waals surface area (Å²) in [5.41, 5.74) is -0.592. The maximum Gasteiger partial charge on any atom is 0.328 e. The number of carbonyl (C=O) groups excluding carboxylic acids is 1. The zero-order valence-corrected chi connectivity index (χ0v) is 27.3. The summed E-state index contributed by atoms with van der Waals surface area (Å²) >= 11 is 0. The minimum Gasteiger partial charge on any atom is -0.481 e. The highest BCUT2D eigenvalue weighted by Crippen LogP contribution is 2.48. The second-order valence-electron chi connectivity index (χ2n) is 12.3. The van der Waals surface area contributed by atoms with Crippen LogP contribution >= 0.6 is 0 Å². The summed E-state index contributed by atoms with van der Waals surface area (Å²) in [7, 11) is 0. The van der Waals surface area contributed by atoms with Crippen LogP contribution in [0.5, 0.6) is 0 Å². The molecule has 7 atom stereocenters. The lowest BCUT2D eigenvalue weighted by Gasteiger charge is -2.53. The molecule has 256 valence electrons. The average molecular weight is 647 g/mol. The monoisotopic (exact) mass is 646 g/mol. The zero-order chi connectivity index (χ0) is 34.3. The Kier molecular flexibility index (Phi) is 15.6. The van der Waals surface area contributed by atoms with E-state index >= 15 is 0 Å². The molecule has 7 unspecified atom stereocenters. The van der Waals surface area contributed by atoms with Gasteiger partial charge in [-0.15, -0.1) is 0 Å². The first kappa shape index (κ1) is 38.6. The van der Waals surface area contributed by atoms with Crippen LogP contribution in [0.1, 0.15) is 91.9 Å². The van der Waals surface area contributed by atoms with Gasteiger partial charge in [0, 0.05) is 30.9 Å². The number of rotatable bonds is 17. The van der Waals surface area contributed by atoms with Crippen molar-refractivity contribution < 1.29 is 53.8 Å². The van der Waals surface area contributed by atoms with Crippen molar-refractivity contribution in [2.24, 2.45) is 11.8 Å². The Morgan fingerprint density at radius 3 is 2.37 bits per heavy atom. The summed E-state index contributed by atoms with van der Waals surface area (Å²) in [4.78, 5) is 45.9. The Balaban J connectivity index is 2.26. The van der Waals surface area contributed by atoms with E-state index in [1.54, 1.807) is 38.2 Å². The molecule has 1 spiro atoms. The summed E-state index contributed by atoms with van der Waals surface area (Å²) in [5, 5.41) is 37.3.